The third kappa shape index (κ3) is 3.80. The molecule has 3 aromatic rings. The van der Waals surface area contributed by atoms with Crippen molar-refractivity contribution in [2.75, 3.05) is 18.0 Å². The van der Waals surface area contributed by atoms with Crippen LogP contribution in [0.25, 0.3) is 10.6 Å². The van der Waals surface area contributed by atoms with E-state index in [1.54, 1.807) is 35.2 Å². The quantitative estimate of drug-likeness (QED) is 0.521. The molecule has 1 aromatic carbocycles. The van der Waals surface area contributed by atoms with Crippen molar-refractivity contribution in [3.05, 3.63) is 41.2 Å². The van der Waals surface area contributed by atoms with Crippen molar-refractivity contribution >= 4 is 29.0 Å². The first-order chi connectivity index (χ1) is 13.8. The number of piperidine rings is 1. The standard InChI is InChI=1S/C20H22FN5S2/c21-15-6-4-14(5-7-15)18-22-16(12-27-18)13-28-20-24-23-19(26(20)17-8-9-17)25-10-2-1-3-11-25/h4-7,12,17H,1-3,8-11,13H2. The van der Waals surface area contributed by atoms with E-state index >= 15 is 0 Å². The van der Waals surface area contributed by atoms with Crippen molar-refractivity contribution in [3.8, 4) is 10.6 Å². The zero-order valence-electron chi connectivity index (χ0n) is 15.6. The summed E-state index contributed by atoms with van der Waals surface area (Å²) in [6, 6.07) is 7.07. The number of nitrogens with zero attached hydrogens (tertiary/aromatic N) is 5. The molecule has 1 aliphatic heterocycles. The monoisotopic (exact) mass is 415 g/mol. The van der Waals surface area contributed by atoms with Crippen LogP contribution in [-0.2, 0) is 5.75 Å². The maximum absolute atomic E-state index is 13.1. The molecule has 8 heteroatoms. The van der Waals surface area contributed by atoms with Crippen LogP contribution in [0.1, 0.15) is 43.8 Å². The van der Waals surface area contributed by atoms with Crippen molar-refractivity contribution in [3.63, 3.8) is 0 Å². The minimum Gasteiger partial charge on any atom is -0.341 e. The van der Waals surface area contributed by atoms with E-state index in [1.165, 1.54) is 44.2 Å². The molecule has 0 N–H and O–H groups in total. The van der Waals surface area contributed by atoms with Crippen LogP contribution in [-0.4, -0.2) is 32.8 Å². The molecule has 0 radical (unpaired) electrons. The molecule has 1 saturated heterocycles. The Morgan fingerprint density at radius 1 is 1.07 bits per heavy atom. The highest BCUT2D eigenvalue weighted by molar-refractivity contribution is 7.98. The number of thiazole rings is 1. The summed E-state index contributed by atoms with van der Waals surface area (Å²) in [6.07, 6.45) is 6.24. The van der Waals surface area contributed by atoms with Gasteiger partial charge in [-0.1, -0.05) is 11.8 Å². The first-order valence-corrected chi connectivity index (χ1v) is 11.7. The van der Waals surface area contributed by atoms with Crippen molar-refractivity contribution in [1.29, 1.82) is 0 Å². The topological polar surface area (TPSA) is 46.8 Å². The van der Waals surface area contributed by atoms with E-state index < -0.39 is 0 Å². The van der Waals surface area contributed by atoms with Gasteiger partial charge < -0.3 is 4.90 Å². The Balaban J connectivity index is 1.30. The molecule has 2 aromatic heterocycles. The fourth-order valence-corrected chi connectivity index (χ4v) is 5.39. The second kappa shape index (κ2) is 7.83. The minimum absolute atomic E-state index is 0.222. The molecule has 3 heterocycles. The van der Waals surface area contributed by atoms with E-state index in [-0.39, 0.29) is 5.82 Å². The molecule has 5 rings (SSSR count). The lowest BCUT2D eigenvalue weighted by atomic mass is 10.1. The summed E-state index contributed by atoms with van der Waals surface area (Å²) < 4.78 is 15.5. The molecule has 146 valence electrons. The molecular formula is C20H22FN5S2. The Labute approximate surface area is 172 Å². The van der Waals surface area contributed by atoms with E-state index in [4.69, 9.17) is 4.98 Å². The fourth-order valence-electron chi connectivity index (χ4n) is 3.57. The lowest BCUT2D eigenvalue weighted by Crippen LogP contribution is -2.31. The molecule has 28 heavy (non-hydrogen) atoms. The van der Waals surface area contributed by atoms with E-state index in [9.17, 15) is 4.39 Å². The van der Waals surface area contributed by atoms with Crippen LogP contribution in [0, 0.1) is 5.82 Å². The van der Waals surface area contributed by atoms with Gasteiger partial charge >= 0.3 is 0 Å². The molecule has 0 atom stereocenters. The molecule has 1 saturated carbocycles. The molecule has 1 aliphatic carbocycles. The fraction of sp³-hybridized carbons (Fsp3) is 0.450. The lowest BCUT2D eigenvalue weighted by Gasteiger charge is -2.27. The molecule has 0 spiro atoms. The van der Waals surface area contributed by atoms with Gasteiger partial charge in [0.25, 0.3) is 0 Å². The second-order valence-corrected chi connectivity index (χ2v) is 9.17. The van der Waals surface area contributed by atoms with Gasteiger partial charge in [0.1, 0.15) is 10.8 Å². The summed E-state index contributed by atoms with van der Waals surface area (Å²) >= 11 is 3.31. The average molecular weight is 416 g/mol. The summed E-state index contributed by atoms with van der Waals surface area (Å²) in [4.78, 5) is 7.12. The average Bonchev–Trinajstić information content (AvgIpc) is 3.30. The summed E-state index contributed by atoms with van der Waals surface area (Å²) in [5.74, 6) is 1.60. The van der Waals surface area contributed by atoms with Gasteiger partial charge in [-0.25, -0.2) is 9.37 Å². The highest BCUT2D eigenvalue weighted by Gasteiger charge is 2.32. The van der Waals surface area contributed by atoms with E-state index in [0.717, 1.165) is 46.2 Å². The van der Waals surface area contributed by atoms with Crippen LogP contribution in [0.15, 0.2) is 34.8 Å². The zero-order valence-corrected chi connectivity index (χ0v) is 17.2. The molecule has 2 aliphatic rings. The highest BCUT2D eigenvalue weighted by atomic mass is 32.2. The number of hydrogen-bond donors (Lipinski definition) is 0. The Bertz CT molecular complexity index is 942. The Morgan fingerprint density at radius 2 is 1.86 bits per heavy atom. The van der Waals surface area contributed by atoms with Crippen LogP contribution in [0.4, 0.5) is 10.3 Å². The Morgan fingerprint density at radius 3 is 2.61 bits per heavy atom. The van der Waals surface area contributed by atoms with Crippen LogP contribution in [0.2, 0.25) is 0 Å². The number of thioether (sulfide) groups is 1. The van der Waals surface area contributed by atoms with E-state index in [2.05, 4.69) is 25.0 Å². The summed E-state index contributed by atoms with van der Waals surface area (Å²) in [7, 11) is 0. The predicted octanol–water partition coefficient (Wildman–Crippen LogP) is 5.16. The minimum atomic E-state index is -0.222. The van der Waals surface area contributed by atoms with Crippen LogP contribution >= 0.6 is 23.1 Å². The van der Waals surface area contributed by atoms with Gasteiger partial charge in [-0.15, -0.1) is 21.5 Å². The molecule has 0 amide bonds. The highest BCUT2D eigenvalue weighted by Crippen LogP contribution is 2.42. The molecule has 2 fully saturated rings. The predicted molar refractivity (Wildman–Crippen MR) is 111 cm³/mol. The van der Waals surface area contributed by atoms with Gasteiger partial charge in [0.2, 0.25) is 5.95 Å². The van der Waals surface area contributed by atoms with E-state index in [0.29, 0.717) is 6.04 Å². The zero-order chi connectivity index (χ0) is 18.9. The van der Waals surface area contributed by atoms with Gasteiger partial charge in [-0.3, -0.25) is 4.57 Å². The van der Waals surface area contributed by atoms with Gasteiger partial charge in [0, 0.05) is 35.8 Å². The van der Waals surface area contributed by atoms with E-state index in [1.807, 2.05) is 0 Å². The number of benzene rings is 1. The van der Waals surface area contributed by atoms with Gasteiger partial charge in [0.05, 0.1) is 5.69 Å². The van der Waals surface area contributed by atoms with Crippen molar-refractivity contribution < 1.29 is 4.39 Å². The molecule has 0 unspecified atom stereocenters. The van der Waals surface area contributed by atoms with Crippen molar-refractivity contribution in [2.24, 2.45) is 0 Å². The van der Waals surface area contributed by atoms with Gasteiger partial charge in [-0.05, 0) is 56.4 Å². The number of aromatic nitrogens is 4. The number of rotatable bonds is 6. The third-order valence-corrected chi connectivity index (χ3v) is 7.11. The number of anilines is 1. The third-order valence-electron chi connectivity index (χ3n) is 5.19. The Kier molecular flexibility index (Phi) is 5.07. The summed E-state index contributed by atoms with van der Waals surface area (Å²) in [6.45, 7) is 2.17. The first-order valence-electron chi connectivity index (χ1n) is 9.81. The maximum atomic E-state index is 13.1. The molecule has 5 nitrogen and oxygen atoms in total. The van der Waals surface area contributed by atoms with Crippen LogP contribution < -0.4 is 4.90 Å². The van der Waals surface area contributed by atoms with Gasteiger partial charge in [0.15, 0.2) is 5.16 Å². The molecular weight excluding hydrogens is 393 g/mol. The maximum Gasteiger partial charge on any atom is 0.228 e. The summed E-state index contributed by atoms with van der Waals surface area (Å²) in [5, 5.41) is 13.1. The first kappa shape index (κ1) is 18.1. The van der Waals surface area contributed by atoms with Gasteiger partial charge in [-0.2, -0.15) is 0 Å². The lowest BCUT2D eigenvalue weighted by molar-refractivity contribution is 0.548. The second-order valence-electron chi connectivity index (χ2n) is 7.37. The number of hydrogen-bond acceptors (Lipinski definition) is 6. The SMILES string of the molecule is Fc1ccc(-c2nc(CSc3nnc(N4CCCCC4)n3C3CC3)cs2)cc1. The van der Waals surface area contributed by atoms with Crippen molar-refractivity contribution in [1.82, 2.24) is 19.7 Å². The summed E-state index contributed by atoms with van der Waals surface area (Å²) in [5.41, 5.74) is 1.98. The van der Waals surface area contributed by atoms with Crippen LogP contribution in [0.3, 0.4) is 0 Å². The van der Waals surface area contributed by atoms with Crippen molar-refractivity contribution in [2.45, 2.75) is 49.1 Å². The molecule has 0 bridgehead atoms. The normalized spacial score (nSPS) is 17.2. The van der Waals surface area contributed by atoms with Crippen LogP contribution in [0.5, 0.6) is 0 Å². The smallest absolute Gasteiger partial charge is 0.228 e. The largest absolute Gasteiger partial charge is 0.341 e. The Hall–Kier alpha value is -1.93. The number of halogens is 1.